The number of hydrogen-bond donors (Lipinski definition) is 2. The molecule has 2 aromatic carbocycles. The van der Waals surface area contributed by atoms with Crippen molar-refractivity contribution in [1.82, 2.24) is 0 Å². The van der Waals surface area contributed by atoms with E-state index in [1.165, 1.54) is 31.4 Å². The number of ether oxygens (including phenoxy) is 1. The highest BCUT2D eigenvalue weighted by molar-refractivity contribution is 6.17. The van der Waals surface area contributed by atoms with Gasteiger partial charge in [-0.05, 0) is 36.6 Å². The van der Waals surface area contributed by atoms with Crippen LogP contribution in [0.5, 0.6) is 11.5 Å². The zero-order valence-electron chi connectivity index (χ0n) is 15.4. The monoisotopic (exact) mass is 392 g/mol. The molecule has 0 amide bonds. The summed E-state index contributed by atoms with van der Waals surface area (Å²) in [7, 11) is 0. The molecule has 2 rings (SSSR count). The number of phenolic OH excluding ortho intramolecular Hbond substituents is 1. The number of halogens is 1. The molecule has 0 aliphatic carbocycles. The molecule has 2 N–H and O–H groups in total. The molecule has 6 heteroatoms. The first-order chi connectivity index (χ1) is 13.0. The molecule has 0 radical (unpaired) electrons. The van der Waals surface area contributed by atoms with E-state index in [1.807, 2.05) is 0 Å². The zero-order chi connectivity index (χ0) is 20.1. The Morgan fingerprint density at radius 2 is 1.70 bits per heavy atom. The summed E-state index contributed by atoms with van der Waals surface area (Å²) in [5, 5.41) is 18.6. The molecule has 2 aromatic rings. The fraction of sp³-hybridized carbons (Fsp3) is 0.333. The lowest BCUT2D eigenvalue weighted by atomic mass is 10.1. The van der Waals surface area contributed by atoms with Gasteiger partial charge in [-0.3, -0.25) is 4.79 Å². The zero-order valence-corrected chi connectivity index (χ0v) is 16.1. The van der Waals surface area contributed by atoms with Crippen molar-refractivity contribution < 1.29 is 24.5 Å². The molecule has 27 heavy (non-hydrogen) atoms. The van der Waals surface area contributed by atoms with E-state index in [2.05, 4.69) is 6.92 Å². The number of benzene rings is 2. The molecule has 0 saturated heterocycles. The van der Waals surface area contributed by atoms with Gasteiger partial charge >= 0.3 is 11.9 Å². The fourth-order valence-electron chi connectivity index (χ4n) is 2.21. The number of para-hydroxylation sites is 2. The first-order valence-corrected chi connectivity index (χ1v) is 9.38. The largest absolute Gasteiger partial charge is 0.508 e. The van der Waals surface area contributed by atoms with Gasteiger partial charge < -0.3 is 14.9 Å². The van der Waals surface area contributed by atoms with Crippen LogP contribution in [-0.4, -0.2) is 28.0 Å². The Balaban J connectivity index is 0.000000527. The van der Waals surface area contributed by atoms with Crippen LogP contribution in [-0.2, 0) is 11.2 Å². The maximum atomic E-state index is 11.8. The van der Waals surface area contributed by atoms with E-state index in [0.29, 0.717) is 12.0 Å². The van der Waals surface area contributed by atoms with Gasteiger partial charge in [0.2, 0.25) is 0 Å². The number of rotatable bonds is 8. The van der Waals surface area contributed by atoms with E-state index in [0.717, 1.165) is 5.88 Å². The van der Waals surface area contributed by atoms with E-state index >= 15 is 0 Å². The van der Waals surface area contributed by atoms with Crippen LogP contribution >= 0.6 is 11.6 Å². The average Bonchev–Trinajstić information content (AvgIpc) is 2.66. The number of aryl methyl sites for hydroxylation is 1. The molecule has 5 nitrogen and oxygen atoms in total. The minimum absolute atomic E-state index is 0.0206. The molecule has 146 valence electrons. The quantitative estimate of drug-likeness (QED) is 0.284. The van der Waals surface area contributed by atoms with Crippen LogP contribution in [0.15, 0.2) is 48.5 Å². The third-order valence-corrected chi connectivity index (χ3v) is 3.94. The highest BCUT2D eigenvalue weighted by Crippen LogP contribution is 2.20. The Bertz CT molecular complexity index is 726. The van der Waals surface area contributed by atoms with Crippen LogP contribution in [0.4, 0.5) is 0 Å². The topological polar surface area (TPSA) is 83.8 Å². The van der Waals surface area contributed by atoms with Crippen molar-refractivity contribution in [3.63, 3.8) is 0 Å². The number of carboxylic acid groups (broad SMARTS) is 1. The molecule has 0 saturated carbocycles. The molecule has 0 aliphatic rings. The third-order valence-electron chi connectivity index (χ3n) is 3.67. The highest BCUT2D eigenvalue weighted by Gasteiger charge is 2.14. The Morgan fingerprint density at radius 1 is 1.04 bits per heavy atom. The fourth-order valence-corrected chi connectivity index (χ4v) is 2.40. The second kappa shape index (κ2) is 12.8. The molecule has 0 bridgehead atoms. The smallest absolute Gasteiger partial charge is 0.339 e. The lowest BCUT2D eigenvalue weighted by molar-refractivity contribution is -0.134. The normalized spacial score (nSPS) is 9.85. The molecule has 0 aliphatic heterocycles. The van der Waals surface area contributed by atoms with Crippen molar-refractivity contribution >= 4 is 23.5 Å². The maximum absolute atomic E-state index is 11.8. The summed E-state index contributed by atoms with van der Waals surface area (Å²) in [5.74, 6) is -0.733. The summed E-state index contributed by atoms with van der Waals surface area (Å²) >= 11 is 5.38. The standard InChI is InChI=1S/C16H14O5.C5H11Cl/c17-13-7-3-1-5-11(13)9-10-15(18)21-14-8-4-2-6-12(14)16(19)20;1-2-3-4-5-6/h1-8,17H,9-10H2,(H,19,20);2-5H2,1H3. The molecular weight excluding hydrogens is 368 g/mol. The molecule has 0 aromatic heterocycles. The number of aromatic carboxylic acids is 1. The van der Waals surface area contributed by atoms with Crippen LogP contribution in [0.2, 0.25) is 0 Å². The van der Waals surface area contributed by atoms with Gasteiger partial charge in [0.15, 0.2) is 0 Å². The number of hydrogen-bond acceptors (Lipinski definition) is 4. The number of unbranched alkanes of at least 4 members (excludes halogenated alkanes) is 2. The van der Waals surface area contributed by atoms with Gasteiger partial charge in [-0.25, -0.2) is 4.79 Å². The second-order valence-electron chi connectivity index (χ2n) is 5.80. The Labute approximate surface area is 164 Å². The van der Waals surface area contributed by atoms with Crippen molar-refractivity contribution in [2.45, 2.75) is 39.0 Å². The van der Waals surface area contributed by atoms with Gasteiger partial charge in [0, 0.05) is 5.88 Å². The van der Waals surface area contributed by atoms with Gasteiger partial charge in [-0.2, -0.15) is 0 Å². The van der Waals surface area contributed by atoms with Gasteiger partial charge in [0.1, 0.15) is 17.1 Å². The number of alkyl halides is 1. The predicted molar refractivity (Wildman–Crippen MR) is 106 cm³/mol. The minimum Gasteiger partial charge on any atom is -0.508 e. The lowest BCUT2D eigenvalue weighted by Gasteiger charge is -2.07. The summed E-state index contributed by atoms with van der Waals surface area (Å²) in [6.07, 6.45) is 4.10. The summed E-state index contributed by atoms with van der Waals surface area (Å²) in [5.41, 5.74) is 0.578. The van der Waals surface area contributed by atoms with E-state index in [4.69, 9.17) is 21.4 Å². The first kappa shape index (κ1) is 22.5. The summed E-state index contributed by atoms with van der Waals surface area (Å²) in [6.45, 7) is 2.17. The average molecular weight is 393 g/mol. The number of carbonyl (C=O) groups excluding carboxylic acids is 1. The third kappa shape index (κ3) is 8.60. The van der Waals surface area contributed by atoms with Crippen molar-refractivity contribution in [3.05, 3.63) is 59.7 Å². The number of carbonyl (C=O) groups is 2. The Hall–Kier alpha value is -2.53. The molecule has 0 spiro atoms. The summed E-state index contributed by atoms with van der Waals surface area (Å²) in [4.78, 5) is 22.8. The molecule has 0 fully saturated rings. The van der Waals surface area contributed by atoms with Crippen molar-refractivity contribution in [1.29, 1.82) is 0 Å². The number of phenols is 1. The highest BCUT2D eigenvalue weighted by atomic mass is 35.5. The van der Waals surface area contributed by atoms with Crippen molar-refractivity contribution in [2.75, 3.05) is 5.88 Å². The van der Waals surface area contributed by atoms with Crippen LogP contribution in [0.25, 0.3) is 0 Å². The Morgan fingerprint density at radius 3 is 2.30 bits per heavy atom. The van der Waals surface area contributed by atoms with Gasteiger partial charge in [0.25, 0.3) is 0 Å². The second-order valence-corrected chi connectivity index (χ2v) is 6.18. The van der Waals surface area contributed by atoms with Crippen LogP contribution in [0.3, 0.4) is 0 Å². The molecule has 0 heterocycles. The van der Waals surface area contributed by atoms with Gasteiger partial charge in [-0.1, -0.05) is 50.1 Å². The molecular formula is C21H25ClO5. The van der Waals surface area contributed by atoms with E-state index in [-0.39, 0.29) is 23.5 Å². The van der Waals surface area contributed by atoms with Crippen LogP contribution in [0, 0.1) is 0 Å². The summed E-state index contributed by atoms with van der Waals surface area (Å²) in [6, 6.07) is 12.7. The number of esters is 1. The van der Waals surface area contributed by atoms with Crippen LogP contribution < -0.4 is 4.74 Å². The predicted octanol–water partition coefficient (Wildman–Crippen LogP) is 5.04. The van der Waals surface area contributed by atoms with E-state index in [1.54, 1.807) is 36.4 Å². The first-order valence-electron chi connectivity index (χ1n) is 8.85. The molecule has 0 atom stereocenters. The number of carboxylic acids is 1. The van der Waals surface area contributed by atoms with Gasteiger partial charge in [-0.15, -0.1) is 11.6 Å². The van der Waals surface area contributed by atoms with E-state index < -0.39 is 11.9 Å². The maximum Gasteiger partial charge on any atom is 0.339 e. The Kier molecular flexibility index (Phi) is 10.6. The minimum atomic E-state index is -1.15. The summed E-state index contributed by atoms with van der Waals surface area (Å²) < 4.78 is 5.07. The molecule has 0 unspecified atom stereocenters. The number of aromatic hydroxyl groups is 1. The van der Waals surface area contributed by atoms with Crippen molar-refractivity contribution in [3.8, 4) is 11.5 Å². The SMILES string of the molecule is CCCCCCl.O=C(CCc1ccccc1O)Oc1ccccc1C(=O)O. The van der Waals surface area contributed by atoms with E-state index in [9.17, 15) is 14.7 Å². The van der Waals surface area contributed by atoms with Crippen LogP contribution in [0.1, 0.15) is 48.5 Å². The lowest BCUT2D eigenvalue weighted by Crippen LogP contribution is -2.11. The van der Waals surface area contributed by atoms with Crippen molar-refractivity contribution in [2.24, 2.45) is 0 Å². The van der Waals surface area contributed by atoms with Gasteiger partial charge in [0.05, 0.1) is 6.42 Å².